The molecular formula is C23H23FN4O2. The second kappa shape index (κ2) is 7.25. The minimum absolute atomic E-state index is 0.00723. The first-order valence-electron chi connectivity index (χ1n) is 10.1. The van der Waals surface area contributed by atoms with Gasteiger partial charge in [-0.25, -0.2) is 9.37 Å². The fourth-order valence-corrected chi connectivity index (χ4v) is 4.47. The van der Waals surface area contributed by atoms with E-state index in [0.717, 1.165) is 44.7 Å². The topological polar surface area (TPSA) is 76.0 Å². The van der Waals surface area contributed by atoms with Crippen molar-refractivity contribution in [2.24, 2.45) is 0 Å². The monoisotopic (exact) mass is 406 g/mol. The van der Waals surface area contributed by atoms with Gasteiger partial charge in [0.1, 0.15) is 17.2 Å². The van der Waals surface area contributed by atoms with E-state index in [2.05, 4.69) is 28.1 Å². The van der Waals surface area contributed by atoms with Crippen LogP contribution in [-0.4, -0.2) is 38.1 Å². The Kier molecular flexibility index (Phi) is 4.55. The minimum atomic E-state index is -0.283. The highest BCUT2D eigenvalue weighted by Crippen LogP contribution is 2.38. The van der Waals surface area contributed by atoms with Gasteiger partial charge in [0, 0.05) is 46.8 Å². The van der Waals surface area contributed by atoms with Gasteiger partial charge in [0.25, 0.3) is 0 Å². The highest BCUT2D eigenvalue weighted by Gasteiger charge is 2.23. The summed E-state index contributed by atoms with van der Waals surface area (Å²) in [7, 11) is 0. The van der Waals surface area contributed by atoms with Gasteiger partial charge in [-0.1, -0.05) is 6.92 Å². The third kappa shape index (κ3) is 2.97. The molecule has 0 spiro atoms. The molecule has 1 aliphatic rings. The quantitative estimate of drug-likeness (QED) is 0.529. The van der Waals surface area contributed by atoms with Gasteiger partial charge in [-0.05, 0) is 36.8 Å². The van der Waals surface area contributed by atoms with Crippen LogP contribution in [0.3, 0.4) is 0 Å². The number of aromatic nitrogens is 4. The number of hydrogen-bond donors (Lipinski definition) is 2. The molecule has 1 atom stereocenters. The first-order valence-corrected chi connectivity index (χ1v) is 10.1. The van der Waals surface area contributed by atoms with E-state index in [1.165, 1.54) is 6.07 Å². The molecular weight excluding hydrogens is 383 g/mol. The van der Waals surface area contributed by atoms with Crippen LogP contribution in [0.15, 0.2) is 36.7 Å². The van der Waals surface area contributed by atoms with Crippen LogP contribution >= 0.6 is 0 Å². The SMILES string of the molecule is Cc1nn(CCO)c2c1-c1cnc3[nH]cc(c3c1)C(C)c1cc(F)ccc1OCC2. The van der Waals surface area contributed by atoms with Gasteiger partial charge in [0.15, 0.2) is 0 Å². The van der Waals surface area contributed by atoms with E-state index in [-0.39, 0.29) is 18.3 Å². The number of aromatic amines is 1. The van der Waals surface area contributed by atoms with Crippen LogP contribution in [-0.2, 0) is 13.0 Å². The molecule has 4 heterocycles. The number of nitrogens with one attached hydrogen (secondary N) is 1. The fourth-order valence-electron chi connectivity index (χ4n) is 4.47. The van der Waals surface area contributed by atoms with Gasteiger partial charge in [-0.15, -0.1) is 0 Å². The summed E-state index contributed by atoms with van der Waals surface area (Å²) in [5, 5.41) is 15.1. The lowest BCUT2D eigenvalue weighted by Gasteiger charge is -2.19. The van der Waals surface area contributed by atoms with E-state index in [9.17, 15) is 9.50 Å². The van der Waals surface area contributed by atoms with E-state index >= 15 is 0 Å². The zero-order valence-electron chi connectivity index (χ0n) is 16.9. The molecule has 7 heteroatoms. The summed E-state index contributed by atoms with van der Waals surface area (Å²) in [6.07, 6.45) is 4.40. The Morgan fingerprint density at radius 3 is 3.00 bits per heavy atom. The Bertz CT molecular complexity index is 1240. The first-order chi connectivity index (χ1) is 14.6. The van der Waals surface area contributed by atoms with Crippen LogP contribution in [0, 0.1) is 12.7 Å². The molecule has 30 heavy (non-hydrogen) atoms. The molecule has 0 fully saturated rings. The number of H-pyrrole nitrogens is 1. The highest BCUT2D eigenvalue weighted by molar-refractivity contribution is 5.86. The smallest absolute Gasteiger partial charge is 0.137 e. The molecule has 0 aliphatic carbocycles. The van der Waals surface area contributed by atoms with Crippen LogP contribution in [0.2, 0.25) is 0 Å². The zero-order valence-corrected chi connectivity index (χ0v) is 16.9. The van der Waals surface area contributed by atoms with Crippen LogP contribution < -0.4 is 4.74 Å². The molecule has 0 saturated carbocycles. The van der Waals surface area contributed by atoms with Gasteiger partial charge >= 0.3 is 0 Å². The summed E-state index contributed by atoms with van der Waals surface area (Å²) in [6.45, 7) is 4.87. The number of pyridine rings is 1. The second-order valence-electron chi connectivity index (χ2n) is 7.72. The Morgan fingerprint density at radius 1 is 1.30 bits per heavy atom. The number of aliphatic hydroxyl groups excluding tert-OH is 1. The van der Waals surface area contributed by atoms with Crippen molar-refractivity contribution in [2.45, 2.75) is 32.7 Å². The van der Waals surface area contributed by atoms with Gasteiger partial charge in [-0.3, -0.25) is 4.68 Å². The van der Waals surface area contributed by atoms with Gasteiger partial charge in [0.2, 0.25) is 0 Å². The molecule has 154 valence electrons. The highest BCUT2D eigenvalue weighted by atomic mass is 19.1. The molecule has 2 N–H and O–H groups in total. The summed E-state index contributed by atoms with van der Waals surface area (Å²) in [4.78, 5) is 7.88. The minimum Gasteiger partial charge on any atom is -0.493 e. The molecule has 0 amide bonds. The maximum Gasteiger partial charge on any atom is 0.137 e. The predicted molar refractivity (Wildman–Crippen MR) is 112 cm³/mol. The Hall–Kier alpha value is -3.19. The van der Waals surface area contributed by atoms with E-state index in [4.69, 9.17) is 4.74 Å². The van der Waals surface area contributed by atoms with Crippen LogP contribution in [0.4, 0.5) is 4.39 Å². The lowest BCUT2D eigenvalue weighted by Crippen LogP contribution is -2.13. The number of hydrogen-bond acceptors (Lipinski definition) is 4. The van der Waals surface area contributed by atoms with Gasteiger partial charge in [0.05, 0.1) is 31.1 Å². The maximum atomic E-state index is 14.1. The van der Waals surface area contributed by atoms with Crippen LogP contribution in [0.5, 0.6) is 5.75 Å². The Labute approximate surface area is 173 Å². The number of halogens is 1. The number of aliphatic hydroxyl groups is 1. The van der Waals surface area contributed by atoms with Crippen molar-refractivity contribution < 1.29 is 14.2 Å². The molecule has 3 aromatic heterocycles. The number of rotatable bonds is 2. The molecule has 6 nitrogen and oxygen atoms in total. The fraction of sp³-hybridized carbons (Fsp3) is 0.304. The number of benzene rings is 1. The summed E-state index contributed by atoms with van der Waals surface area (Å²) < 4.78 is 22.1. The summed E-state index contributed by atoms with van der Waals surface area (Å²) in [6, 6.07) is 6.80. The van der Waals surface area contributed by atoms with Gasteiger partial charge in [-0.2, -0.15) is 5.10 Å². The van der Waals surface area contributed by atoms with E-state index in [1.807, 2.05) is 24.0 Å². The average molecular weight is 406 g/mol. The van der Waals surface area contributed by atoms with E-state index in [1.54, 1.807) is 12.1 Å². The number of fused-ring (bicyclic) bond motifs is 4. The van der Waals surface area contributed by atoms with Gasteiger partial charge < -0.3 is 14.8 Å². The van der Waals surface area contributed by atoms with Crippen LogP contribution in [0.1, 0.15) is 35.4 Å². The van der Waals surface area contributed by atoms with Crippen molar-refractivity contribution >= 4 is 11.0 Å². The first kappa shape index (κ1) is 18.8. The summed E-state index contributed by atoms with van der Waals surface area (Å²) in [5.74, 6) is 0.321. The Morgan fingerprint density at radius 2 is 2.17 bits per heavy atom. The third-order valence-electron chi connectivity index (χ3n) is 5.90. The lowest BCUT2D eigenvalue weighted by atomic mass is 9.91. The molecule has 0 radical (unpaired) electrons. The molecule has 2 bridgehead atoms. The van der Waals surface area contributed by atoms with Crippen LogP contribution in [0.25, 0.3) is 22.2 Å². The number of ether oxygens (including phenoxy) is 1. The lowest BCUT2D eigenvalue weighted by molar-refractivity contribution is 0.263. The molecule has 1 aromatic carbocycles. The van der Waals surface area contributed by atoms with Crippen molar-refractivity contribution in [1.82, 2.24) is 19.7 Å². The van der Waals surface area contributed by atoms with Crippen molar-refractivity contribution in [3.8, 4) is 16.9 Å². The summed E-state index contributed by atoms with van der Waals surface area (Å²) >= 11 is 0. The summed E-state index contributed by atoms with van der Waals surface area (Å²) in [5.41, 5.74) is 6.53. The normalized spacial score (nSPS) is 15.9. The van der Waals surface area contributed by atoms with E-state index < -0.39 is 0 Å². The number of aryl methyl sites for hydroxylation is 1. The van der Waals surface area contributed by atoms with Crippen molar-refractivity contribution in [1.29, 1.82) is 0 Å². The second-order valence-corrected chi connectivity index (χ2v) is 7.72. The predicted octanol–water partition coefficient (Wildman–Crippen LogP) is 3.95. The standard InChI is InChI=1S/C23H23FN4O2/c1-13-17-10-16(24)3-4-21(17)30-8-5-20-22(14(2)27-28(20)6-7-29)15-9-18-19(13)12-26-23(18)25-11-15/h3-4,9-13,29H,5-8H2,1-2H3,(H,25,26). The maximum absolute atomic E-state index is 14.1. The average Bonchev–Trinajstić information content (AvgIpc) is 3.28. The largest absolute Gasteiger partial charge is 0.493 e. The third-order valence-corrected chi connectivity index (χ3v) is 5.90. The van der Waals surface area contributed by atoms with Crippen molar-refractivity contribution in [3.05, 3.63) is 65.0 Å². The molecule has 4 aromatic rings. The molecule has 5 rings (SSSR count). The molecule has 1 aliphatic heterocycles. The van der Waals surface area contributed by atoms with Crippen molar-refractivity contribution in [2.75, 3.05) is 13.2 Å². The zero-order chi connectivity index (χ0) is 20.8. The molecule has 1 unspecified atom stereocenters. The van der Waals surface area contributed by atoms with E-state index in [0.29, 0.717) is 25.3 Å². The molecule has 0 saturated heterocycles. The number of nitrogens with zero attached hydrogens (tertiary/aromatic N) is 3. The van der Waals surface area contributed by atoms with Crippen molar-refractivity contribution in [3.63, 3.8) is 0 Å². The Balaban J connectivity index is 1.77.